The summed E-state index contributed by atoms with van der Waals surface area (Å²) in [5.41, 5.74) is 3.12. The summed E-state index contributed by atoms with van der Waals surface area (Å²) in [6.45, 7) is 5.18. The second kappa shape index (κ2) is 5.82. The summed E-state index contributed by atoms with van der Waals surface area (Å²) >= 11 is 0. The molecule has 2 heteroatoms. The minimum absolute atomic E-state index is 0.322. The van der Waals surface area contributed by atoms with E-state index in [4.69, 9.17) is 4.74 Å². The molecule has 1 aromatic rings. The molecule has 3 atom stereocenters. The molecule has 0 aromatic heterocycles. The van der Waals surface area contributed by atoms with Crippen LogP contribution >= 0.6 is 0 Å². The molecule has 0 heterocycles. The summed E-state index contributed by atoms with van der Waals surface area (Å²) in [4.78, 5) is 10.7. The van der Waals surface area contributed by atoms with Gasteiger partial charge in [-0.2, -0.15) is 0 Å². The number of hydrogen-bond acceptors (Lipinski definition) is 2. The van der Waals surface area contributed by atoms with Gasteiger partial charge in [0.15, 0.2) is 0 Å². The van der Waals surface area contributed by atoms with Gasteiger partial charge in [-0.15, -0.1) is 0 Å². The van der Waals surface area contributed by atoms with Crippen molar-refractivity contribution >= 4 is 6.47 Å². The molecule has 0 spiro atoms. The highest BCUT2D eigenvalue weighted by molar-refractivity contribution is 5.48. The maximum Gasteiger partial charge on any atom is 0.298 e. The van der Waals surface area contributed by atoms with E-state index in [0.29, 0.717) is 17.6 Å². The molecule has 0 saturated heterocycles. The maximum absolute atomic E-state index is 10.7. The highest BCUT2D eigenvalue weighted by Crippen LogP contribution is 2.55. The molecular formula is C19H26O2. The van der Waals surface area contributed by atoms with Gasteiger partial charge < -0.3 is 4.74 Å². The normalized spacial score (nSPS) is 32.3. The molecule has 1 aromatic carbocycles. The van der Waals surface area contributed by atoms with Crippen molar-refractivity contribution in [2.24, 2.45) is 11.8 Å². The Bertz CT molecular complexity index is 518. The summed E-state index contributed by atoms with van der Waals surface area (Å²) in [7, 11) is 0. The van der Waals surface area contributed by atoms with Gasteiger partial charge in [0.2, 0.25) is 0 Å². The third-order valence-corrected chi connectivity index (χ3v) is 6.00. The van der Waals surface area contributed by atoms with E-state index in [9.17, 15) is 4.79 Å². The third kappa shape index (κ3) is 2.49. The number of aryl methyl sites for hydroxylation is 1. The van der Waals surface area contributed by atoms with Crippen molar-refractivity contribution in [1.82, 2.24) is 0 Å². The smallest absolute Gasteiger partial charge is 0.298 e. The summed E-state index contributed by atoms with van der Waals surface area (Å²) in [6.07, 6.45) is 9.37. The molecule has 21 heavy (non-hydrogen) atoms. The molecule has 0 N–H and O–H groups in total. The summed E-state index contributed by atoms with van der Waals surface area (Å²) in [5.74, 6) is 2.31. The number of carbonyl (C=O) groups is 1. The quantitative estimate of drug-likeness (QED) is 0.748. The fraction of sp³-hybridized carbons (Fsp3) is 0.632. The zero-order valence-electron chi connectivity index (χ0n) is 13.2. The molecule has 0 radical (unpaired) electrons. The number of fused-ring (bicyclic) bond motifs is 1. The Morgan fingerprint density at radius 1 is 1.19 bits per heavy atom. The van der Waals surface area contributed by atoms with Crippen LogP contribution in [0, 0.1) is 18.8 Å². The van der Waals surface area contributed by atoms with Crippen LogP contribution in [0.25, 0.3) is 0 Å². The van der Waals surface area contributed by atoms with E-state index in [1.165, 1.54) is 56.1 Å². The van der Waals surface area contributed by atoms with Crippen molar-refractivity contribution in [1.29, 1.82) is 0 Å². The van der Waals surface area contributed by atoms with Crippen LogP contribution in [-0.2, 0) is 10.2 Å². The van der Waals surface area contributed by atoms with E-state index >= 15 is 0 Å². The van der Waals surface area contributed by atoms with Crippen molar-refractivity contribution in [3.05, 3.63) is 29.3 Å². The molecule has 2 fully saturated rings. The maximum atomic E-state index is 10.7. The van der Waals surface area contributed by atoms with Gasteiger partial charge in [0, 0.05) is 0 Å². The van der Waals surface area contributed by atoms with Crippen molar-refractivity contribution in [3.8, 4) is 5.75 Å². The van der Waals surface area contributed by atoms with Gasteiger partial charge in [-0.05, 0) is 66.7 Å². The van der Waals surface area contributed by atoms with Gasteiger partial charge in [-0.25, -0.2) is 0 Å². The molecule has 2 saturated carbocycles. The van der Waals surface area contributed by atoms with Gasteiger partial charge in [-0.1, -0.05) is 38.7 Å². The van der Waals surface area contributed by atoms with Crippen molar-refractivity contribution in [2.75, 3.05) is 0 Å². The Hall–Kier alpha value is -1.31. The largest absolute Gasteiger partial charge is 0.429 e. The van der Waals surface area contributed by atoms with E-state index in [-0.39, 0.29) is 0 Å². The van der Waals surface area contributed by atoms with Crippen molar-refractivity contribution < 1.29 is 9.53 Å². The zero-order chi connectivity index (χ0) is 14.9. The fourth-order valence-electron chi connectivity index (χ4n) is 5.08. The number of rotatable bonds is 3. The topological polar surface area (TPSA) is 26.3 Å². The lowest BCUT2D eigenvalue weighted by Crippen LogP contribution is -2.44. The summed E-state index contributed by atoms with van der Waals surface area (Å²) < 4.78 is 5.12. The molecule has 0 aliphatic heterocycles. The Balaban J connectivity index is 2.06. The summed E-state index contributed by atoms with van der Waals surface area (Å²) in [5, 5.41) is 0. The third-order valence-electron chi connectivity index (χ3n) is 6.00. The first kappa shape index (κ1) is 14.6. The molecule has 0 amide bonds. The lowest BCUT2D eigenvalue weighted by molar-refractivity contribution is -0.120. The number of ether oxygens (including phenoxy) is 1. The van der Waals surface area contributed by atoms with Crippen molar-refractivity contribution in [3.63, 3.8) is 0 Å². The standard InChI is InChI=1S/C19H26O2/c1-14-6-5-11-19(10-4-3-7-17(14)19)18-12-16(21-13-20)9-8-15(18)2/h8-9,12-14,17H,3-7,10-11H2,1-2H3/t14-,17-,19+/m0/s1. The monoisotopic (exact) mass is 286 g/mol. The van der Waals surface area contributed by atoms with Crippen LogP contribution in [0.4, 0.5) is 0 Å². The average molecular weight is 286 g/mol. The fourth-order valence-corrected chi connectivity index (χ4v) is 5.08. The van der Waals surface area contributed by atoms with Crippen LogP contribution in [0.2, 0.25) is 0 Å². The van der Waals surface area contributed by atoms with Crippen LogP contribution < -0.4 is 4.74 Å². The van der Waals surface area contributed by atoms with E-state index < -0.39 is 0 Å². The van der Waals surface area contributed by atoms with Crippen LogP contribution in [0.5, 0.6) is 5.75 Å². The molecule has 114 valence electrons. The molecule has 2 aliphatic rings. The lowest BCUT2D eigenvalue weighted by Gasteiger charge is -2.51. The van der Waals surface area contributed by atoms with Gasteiger partial charge in [-0.3, -0.25) is 4.79 Å². The van der Waals surface area contributed by atoms with E-state index in [2.05, 4.69) is 26.0 Å². The minimum atomic E-state index is 0.322. The van der Waals surface area contributed by atoms with Crippen LogP contribution in [0.1, 0.15) is 63.0 Å². The minimum Gasteiger partial charge on any atom is -0.429 e. The predicted octanol–water partition coefficient (Wildman–Crippen LogP) is 4.78. The van der Waals surface area contributed by atoms with E-state index in [0.717, 1.165) is 11.8 Å². The Morgan fingerprint density at radius 2 is 2.00 bits per heavy atom. The lowest BCUT2D eigenvalue weighted by atomic mass is 9.53. The first-order valence-corrected chi connectivity index (χ1v) is 8.39. The molecule has 2 aliphatic carbocycles. The summed E-state index contributed by atoms with van der Waals surface area (Å²) in [6, 6.07) is 6.17. The van der Waals surface area contributed by atoms with Gasteiger partial charge in [0.05, 0.1) is 0 Å². The Labute approximate surface area is 127 Å². The molecule has 3 rings (SSSR count). The first-order chi connectivity index (χ1) is 10.2. The van der Waals surface area contributed by atoms with Gasteiger partial charge in [0.25, 0.3) is 6.47 Å². The van der Waals surface area contributed by atoms with Gasteiger partial charge >= 0.3 is 0 Å². The van der Waals surface area contributed by atoms with Crippen molar-refractivity contribution in [2.45, 2.75) is 64.2 Å². The van der Waals surface area contributed by atoms with Gasteiger partial charge in [0.1, 0.15) is 5.75 Å². The number of benzene rings is 1. The first-order valence-electron chi connectivity index (χ1n) is 8.39. The second-order valence-electron chi connectivity index (χ2n) is 7.07. The predicted molar refractivity (Wildman–Crippen MR) is 84.5 cm³/mol. The Kier molecular flexibility index (Phi) is 4.05. The highest BCUT2D eigenvalue weighted by atomic mass is 16.5. The average Bonchev–Trinajstić information content (AvgIpc) is 2.50. The highest BCUT2D eigenvalue weighted by Gasteiger charge is 2.46. The second-order valence-corrected chi connectivity index (χ2v) is 7.07. The molecule has 2 nitrogen and oxygen atoms in total. The van der Waals surface area contributed by atoms with E-state index in [1.54, 1.807) is 0 Å². The van der Waals surface area contributed by atoms with Crippen LogP contribution in [0.3, 0.4) is 0 Å². The van der Waals surface area contributed by atoms with E-state index in [1.807, 2.05) is 6.07 Å². The van der Waals surface area contributed by atoms with Crippen LogP contribution in [-0.4, -0.2) is 6.47 Å². The number of carbonyl (C=O) groups excluding carboxylic acids is 1. The molecule has 0 bridgehead atoms. The number of hydrogen-bond donors (Lipinski definition) is 0. The SMILES string of the molecule is Cc1ccc(OC=O)cc1[C@@]12CCCC[C@H]1[C@@H](C)CCC2. The molecule has 0 unspecified atom stereocenters. The Morgan fingerprint density at radius 3 is 2.81 bits per heavy atom. The molecular weight excluding hydrogens is 260 g/mol. The van der Waals surface area contributed by atoms with Crippen LogP contribution in [0.15, 0.2) is 18.2 Å². The zero-order valence-corrected chi connectivity index (χ0v) is 13.2.